The lowest BCUT2D eigenvalue weighted by molar-refractivity contribution is 0.154. The topological polar surface area (TPSA) is 35.2 Å². The number of hydrogen-bond donors (Lipinski definition) is 1. The van der Waals surface area contributed by atoms with Crippen LogP contribution in [0.4, 0.5) is 4.39 Å². The van der Waals surface area contributed by atoms with Crippen LogP contribution in [0.15, 0.2) is 18.2 Å². The first kappa shape index (κ1) is 12.0. The van der Waals surface area contributed by atoms with E-state index < -0.39 is 0 Å². The fourth-order valence-electron chi connectivity index (χ4n) is 3.32. The average molecular weight is 249 g/mol. The molecule has 2 aliphatic rings. The Kier molecular flexibility index (Phi) is 3.02. The summed E-state index contributed by atoms with van der Waals surface area (Å²) in [7, 11) is 0. The number of ether oxygens (including phenoxy) is 1. The third-order valence-corrected chi connectivity index (χ3v) is 4.25. The smallest absolute Gasteiger partial charge is 0.123 e. The number of halogens is 1. The summed E-state index contributed by atoms with van der Waals surface area (Å²) in [5, 5.41) is 0. The Bertz CT molecular complexity index is 440. The molecule has 18 heavy (non-hydrogen) atoms. The van der Waals surface area contributed by atoms with Crippen molar-refractivity contribution in [2.75, 3.05) is 0 Å². The molecule has 0 saturated heterocycles. The van der Waals surface area contributed by atoms with Gasteiger partial charge in [-0.1, -0.05) is 19.3 Å². The molecule has 1 atom stereocenters. The number of nitrogens with two attached hydrogens (primary N) is 1. The van der Waals surface area contributed by atoms with E-state index >= 15 is 0 Å². The second-order valence-electron chi connectivity index (χ2n) is 5.82. The lowest BCUT2D eigenvalue weighted by atomic mass is 9.78. The van der Waals surface area contributed by atoms with E-state index in [4.69, 9.17) is 10.5 Å². The normalized spacial score (nSPS) is 25.6. The second kappa shape index (κ2) is 4.54. The number of fused-ring (bicyclic) bond motifs is 1. The first-order valence-corrected chi connectivity index (χ1v) is 6.89. The predicted molar refractivity (Wildman–Crippen MR) is 69.1 cm³/mol. The van der Waals surface area contributed by atoms with Crippen molar-refractivity contribution in [3.63, 3.8) is 0 Å². The minimum absolute atomic E-state index is 0.0660. The molecule has 0 aromatic heterocycles. The van der Waals surface area contributed by atoms with Crippen LogP contribution >= 0.6 is 0 Å². The van der Waals surface area contributed by atoms with Gasteiger partial charge in [0.2, 0.25) is 0 Å². The number of benzene rings is 1. The molecule has 1 fully saturated rings. The minimum Gasteiger partial charge on any atom is -0.490 e. The first-order valence-electron chi connectivity index (χ1n) is 6.89. The Morgan fingerprint density at radius 2 is 2.06 bits per heavy atom. The third-order valence-electron chi connectivity index (χ3n) is 4.25. The van der Waals surface area contributed by atoms with Gasteiger partial charge in [0, 0.05) is 23.9 Å². The quantitative estimate of drug-likeness (QED) is 0.873. The summed E-state index contributed by atoms with van der Waals surface area (Å²) in [5.41, 5.74) is 7.37. The van der Waals surface area contributed by atoms with Crippen molar-refractivity contribution in [3.8, 4) is 5.75 Å². The lowest BCUT2D eigenvalue weighted by Crippen LogP contribution is -2.45. The Hall–Kier alpha value is -1.09. The van der Waals surface area contributed by atoms with E-state index in [9.17, 15) is 4.39 Å². The van der Waals surface area contributed by atoms with Gasteiger partial charge in [0.05, 0.1) is 0 Å². The zero-order valence-electron chi connectivity index (χ0n) is 10.6. The van der Waals surface area contributed by atoms with Crippen LogP contribution < -0.4 is 10.5 Å². The van der Waals surface area contributed by atoms with Crippen LogP contribution in [-0.2, 0) is 6.42 Å². The molecule has 1 aromatic rings. The molecule has 1 saturated carbocycles. The highest BCUT2D eigenvalue weighted by Crippen LogP contribution is 2.36. The Morgan fingerprint density at radius 1 is 1.28 bits per heavy atom. The maximum absolute atomic E-state index is 13.1. The zero-order chi connectivity index (χ0) is 12.6. The van der Waals surface area contributed by atoms with Crippen molar-refractivity contribution >= 4 is 0 Å². The molecule has 3 heteroatoms. The Balaban J connectivity index is 1.67. The fraction of sp³-hybridized carbons (Fsp3) is 0.600. The van der Waals surface area contributed by atoms with E-state index in [0.29, 0.717) is 0 Å². The van der Waals surface area contributed by atoms with Gasteiger partial charge in [-0.3, -0.25) is 0 Å². The summed E-state index contributed by atoms with van der Waals surface area (Å²) >= 11 is 0. The van der Waals surface area contributed by atoms with Crippen LogP contribution in [0.3, 0.4) is 0 Å². The Morgan fingerprint density at radius 3 is 2.83 bits per heavy atom. The van der Waals surface area contributed by atoms with E-state index in [2.05, 4.69) is 0 Å². The van der Waals surface area contributed by atoms with E-state index in [0.717, 1.165) is 37.0 Å². The zero-order valence-corrected chi connectivity index (χ0v) is 10.6. The van der Waals surface area contributed by atoms with E-state index in [1.165, 1.54) is 25.3 Å². The van der Waals surface area contributed by atoms with Gasteiger partial charge < -0.3 is 10.5 Å². The second-order valence-corrected chi connectivity index (χ2v) is 5.82. The lowest BCUT2D eigenvalue weighted by Gasteiger charge is -2.35. The highest BCUT2D eigenvalue weighted by Gasteiger charge is 2.34. The summed E-state index contributed by atoms with van der Waals surface area (Å²) < 4.78 is 19.0. The average Bonchev–Trinajstić information content (AvgIpc) is 2.70. The van der Waals surface area contributed by atoms with Crippen LogP contribution in [0, 0.1) is 5.82 Å². The van der Waals surface area contributed by atoms with Crippen molar-refractivity contribution in [1.29, 1.82) is 0 Å². The molecule has 0 amide bonds. The van der Waals surface area contributed by atoms with E-state index in [1.54, 1.807) is 12.1 Å². The van der Waals surface area contributed by atoms with Crippen molar-refractivity contribution in [2.24, 2.45) is 5.73 Å². The standard InChI is InChI=1S/C15H20FNO/c16-12-4-5-14-11(8-12)9-13(18-14)10-15(17)6-2-1-3-7-15/h4-5,8,13H,1-3,6-7,9-10,17H2. The van der Waals surface area contributed by atoms with Crippen LogP contribution in [0.2, 0.25) is 0 Å². The van der Waals surface area contributed by atoms with Crippen LogP contribution in [0.25, 0.3) is 0 Å². The van der Waals surface area contributed by atoms with Gasteiger partial charge in [-0.25, -0.2) is 4.39 Å². The highest BCUT2D eigenvalue weighted by atomic mass is 19.1. The van der Waals surface area contributed by atoms with Gasteiger partial charge >= 0.3 is 0 Å². The maximum Gasteiger partial charge on any atom is 0.123 e. The van der Waals surface area contributed by atoms with Crippen molar-refractivity contribution in [1.82, 2.24) is 0 Å². The van der Waals surface area contributed by atoms with Crippen LogP contribution in [-0.4, -0.2) is 11.6 Å². The van der Waals surface area contributed by atoms with Gasteiger partial charge in [-0.15, -0.1) is 0 Å². The molecule has 1 aliphatic heterocycles. The molecule has 1 heterocycles. The molecular formula is C15H20FNO. The molecule has 0 radical (unpaired) electrons. The summed E-state index contributed by atoms with van der Waals surface area (Å²) in [4.78, 5) is 0. The fourth-order valence-corrected chi connectivity index (χ4v) is 3.32. The van der Waals surface area contributed by atoms with Gasteiger partial charge in [-0.2, -0.15) is 0 Å². The summed E-state index contributed by atoms with van der Waals surface area (Å²) in [6.45, 7) is 0. The monoisotopic (exact) mass is 249 g/mol. The molecular weight excluding hydrogens is 229 g/mol. The van der Waals surface area contributed by atoms with Gasteiger partial charge in [0.25, 0.3) is 0 Å². The molecule has 1 unspecified atom stereocenters. The summed E-state index contributed by atoms with van der Waals surface area (Å²) in [6.07, 6.45) is 7.76. The largest absolute Gasteiger partial charge is 0.490 e. The molecule has 0 spiro atoms. The van der Waals surface area contributed by atoms with Crippen molar-refractivity contribution < 1.29 is 9.13 Å². The maximum atomic E-state index is 13.1. The SMILES string of the molecule is NC1(CC2Cc3cc(F)ccc3O2)CCCCC1. The summed E-state index contributed by atoms with van der Waals surface area (Å²) in [6, 6.07) is 4.77. The van der Waals surface area contributed by atoms with E-state index in [1.807, 2.05) is 0 Å². The number of rotatable bonds is 2. The molecule has 2 N–H and O–H groups in total. The molecule has 0 bridgehead atoms. The van der Waals surface area contributed by atoms with Crippen LogP contribution in [0.5, 0.6) is 5.75 Å². The Labute approximate surface area is 107 Å². The molecule has 1 aromatic carbocycles. The van der Waals surface area contributed by atoms with Gasteiger partial charge in [-0.05, 0) is 31.0 Å². The molecule has 1 aliphatic carbocycles. The first-order chi connectivity index (χ1) is 8.65. The third kappa shape index (κ3) is 2.37. The minimum atomic E-state index is -0.182. The van der Waals surface area contributed by atoms with Crippen molar-refractivity contribution in [2.45, 2.75) is 56.6 Å². The highest BCUT2D eigenvalue weighted by molar-refractivity contribution is 5.38. The van der Waals surface area contributed by atoms with Crippen molar-refractivity contribution in [3.05, 3.63) is 29.6 Å². The van der Waals surface area contributed by atoms with Gasteiger partial charge in [0.15, 0.2) is 0 Å². The molecule has 98 valence electrons. The van der Waals surface area contributed by atoms with Crippen LogP contribution in [0.1, 0.15) is 44.1 Å². The summed E-state index contributed by atoms with van der Waals surface area (Å²) in [5.74, 6) is 0.652. The van der Waals surface area contributed by atoms with Gasteiger partial charge in [0.1, 0.15) is 17.7 Å². The van der Waals surface area contributed by atoms with E-state index in [-0.39, 0.29) is 17.5 Å². The predicted octanol–water partition coefficient (Wildman–Crippen LogP) is 3.18. The number of hydrogen-bond acceptors (Lipinski definition) is 2. The molecule has 2 nitrogen and oxygen atoms in total. The molecule has 3 rings (SSSR count).